The van der Waals surface area contributed by atoms with Gasteiger partial charge in [-0.25, -0.2) is 0 Å². The number of aliphatic carboxylic acids is 1. The van der Waals surface area contributed by atoms with E-state index in [0.29, 0.717) is 24.8 Å². The molecule has 72 valence electrons. The number of carbonyl (C=O) groups is 2. The highest BCUT2D eigenvalue weighted by Crippen LogP contribution is 2.29. The highest BCUT2D eigenvalue weighted by atomic mass is 35.5. The fourth-order valence-electron chi connectivity index (χ4n) is 1.24. The molecule has 0 radical (unpaired) electrons. The van der Waals surface area contributed by atoms with Crippen LogP contribution in [0.2, 0.25) is 0 Å². The molecule has 1 N–H and O–H groups in total. The fraction of sp³-hybridized carbons (Fsp3) is 0.500. The van der Waals surface area contributed by atoms with Gasteiger partial charge in [-0.2, -0.15) is 12.6 Å². The summed E-state index contributed by atoms with van der Waals surface area (Å²) in [5, 5.41) is 7.77. The Balaban J connectivity index is 2.94. The van der Waals surface area contributed by atoms with Gasteiger partial charge in [-0.05, 0) is 18.4 Å². The predicted molar refractivity (Wildman–Crippen MR) is 52.1 cm³/mol. The van der Waals surface area contributed by atoms with Crippen molar-refractivity contribution in [2.24, 2.45) is 0 Å². The van der Waals surface area contributed by atoms with E-state index in [1.807, 2.05) is 0 Å². The third kappa shape index (κ3) is 2.25. The van der Waals surface area contributed by atoms with Crippen LogP contribution in [0.1, 0.15) is 19.3 Å². The molecule has 0 saturated carbocycles. The molecule has 0 bridgehead atoms. The number of rotatable bonds is 2. The number of Topliss-reactive ketones (excluding diaryl/α,β-unsaturated/α-hetero) is 1. The first kappa shape index (κ1) is 10.6. The molecule has 0 aromatic carbocycles. The molecule has 0 aliphatic heterocycles. The van der Waals surface area contributed by atoms with Gasteiger partial charge < -0.3 is 5.11 Å². The average molecular weight is 221 g/mol. The Kier molecular flexibility index (Phi) is 3.39. The third-order valence-corrected chi connectivity index (χ3v) is 2.93. The van der Waals surface area contributed by atoms with Gasteiger partial charge in [0.05, 0.1) is 5.03 Å². The summed E-state index contributed by atoms with van der Waals surface area (Å²) in [4.78, 5) is 21.7. The van der Waals surface area contributed by atoms with Crippen LogP contribution in [0.4, 0.5) is 0 Å². The van der Waals surface area contributed by atoms with E-state index in [2.05, 4.69) is 12.6 Å². The minimum Gasteiger partial charge on any atom is -0.480 e. The summed E-state index contributed by atoms with van der Waals surface area (Å²) in [5.41, 5.74) is 0.439. The lowest BCUT2D eigenvalue weighted by molar-refractivity contribution is -0.135. The van der Waals surface area contributed by atoms with Gasteiger partial charge in [-0.15, -0.1) is 0 Å². The summed E-state index contributed by atoms with van der Waals surface area (Å²) >= 11 is 9.56. The van der Waals surface area contributed by atoms with Crippen molar-refractivity contribution in [3.63, 3.8) is 0 Å². The van der Waals surface area contributed by atoms with Crippen molar-refractivity contribution in [3.05, 3.63) is 10.6 Å². The van der Waals surface area contributed by atoms with Crippen LogP contribution in [-0.2, 0) is 9.59 Å². The zero-order chi connectivity index (χ0) is 10.0. The standard InChI is InChI=1S/C8H9ClO3S/c9-6-4(7(13)8(11)12)2-1-3-5(6)10/h7,13H,1-3H2,(H,11,12). The summed E-state index contributed by atoms with van der Waals surface area (Å²) in [6.45, 7) is 0. The molecule has 0 saturated heterocycles. The Morgan fingerprint density at radius 2 is 2.15 bits per heavy atom. The summed E-state index contributed by atoms with van der Waals surface area (Å²) < 4.78 is 0. The quantitative estimate of drug-likeness (QED) is 0.696. The number of hydrogen-bond acceptors (Lipinski definition) is 3. The van der Waals surface area contributed by atoms with E-state index >= 15 is 0 Å². The number of hydrogen-bond donors (Lipinski definition) is 2. The van der Waals surface area contributed by atoms with Crippen molar-refractivity contribution in [1.82, 2.24) is 0 Å². The zero-order valence-electron chi connectivity index (χ0n) is 6.79. The van der Waals surface area contributed by atoms with Crippen LogP contribution in [0.15, 0.2) is 10.6 Å². The van der Waals surface area contributed by atoms with Crippen molar-refractivity contribution in [3.8, 4) is 0 Å². The summed E-state index contributed by atoms with van der Waals surface area (Å²) in [7, 11) is 0. The third-order valence-electron chi connectivity index (χ3n) is 1.94. The molecule has 0 aromatic heterocycles. The SMILES string of the molecule is O=C1CCCC(C(S)C(=O)O)=C1Cl. The van der Waals surface area contributed by atoms with Crippen molar-refractivity contribution in [2.75, 3.05) is 0 Å². The van der Waals surface area contributed by atoms with Gasteiger partial charge in [0.15, 0.2) is 5.78 Å². The van der Waals surface area contributed by atoms with Crippen molar-refractivity contribution in [2.45, 2.75) is 24.5 Å². The van der Waals surface area contributed by atoms with E-state index in [4.69, 9.17) is 16.7 Å². The molecular weight excluding hydrogens is 212 g/mol. The van der Waals surface area contributed by atoms with E-state index in [0.717, 1.165) is 0 Å². The molecule has 1 unspecified atom stereocenters. The molecule has 0 fully saturated rings. The Hall–Kier alpha value is -0.480. The van der Waals surface area contributed by atoms with Crippen LogP contribution in [0.25, 0.3) is 0 Å². The second-order valence-corrected chi connectivity index (χ2v) is 3.75. The second-order valence-electron chi connectivity index (χ2n) is 2.86. The number of allylic oxidation sites excluding steroid dienone is 1. The highest BCUT2D eigenvalue weighted by Gasteiger charge is 2.26. The van der Waals surface area contributed by atoms with Crippen molar-refractivity contribution < 1.29 is 14.7 Å². The summed E-state index contributed by atoms with van der Waals surface area (Å²) in [6.07, 6.45) is 1.61. The van der Waals surface area contributed by atoms with Crippen LogP contribution in [0, 0.1) is 0 Å². The first-order valence-electron chi connectivity index (χ1n) is 3.86. The molecule has 0 aromatic rings. The molecule has 1 rings (SSSR count). The van der Waals surface area contributed by atoms with Gasteiger partial charge in [0.1, 0.15) is 5.25 Å². The Bertz CT molecular complexity index is 285. The van der Waals surface area contributed by atoms with Crippen LogP contribution in [-0.4, -0.2) is 22.1 Å². The number of thiol groups is 1. The summed E-state index contributed by atoms with van der Waals surface area (Å²) in [5.74, 6) is -1.24. The smallest absolute Gasteiger partial charge is 0.320 e. The van der Waals surface area contributed by atoms with E-state index < -0.39 is 11.2 Å². The first-order valence-corrected chi connectivity index (χ1v) is 4.76. The minimum atomic E-state index is -1.06. The molecule has 3 nitrogen and oxygen atoms in total. The Morgan fingerprint density at radius 3 is 2.69 bits per heavy atom. The molecule has 13 heavy (non-hydrogen) atoms. The van der Waals surface area contributed by atoms with Crippen LogP contribution < -0.4 is 0 Å². The number of halogens is 1. The van der Waals surface area contributed by atoms with Gasteiger partial charge in [0.2, 0.25) is 0 Å². The molecule has 1 aliphatic rings. The van der Waals surface area contributed by atoms with E-state index in [1.54, 1.807) is 0 Å². The lowest BCUT2D eigenvalue weighted by Gasteiger charge is -2.17. The molecule has 0 heterocycles. The van der Waals surface area contributed by atoms with Gasteiger partial charge in [0, 0.05) is 6.42 Å². The lowest BCUT2D eigenvalue weighted by atomic mass is 9.96. The van der Waals surface area contributed by atoms with Gasteiger partial charge in [-0.3, -0.25) is 9.59 Å². The molecule has 5 heteroatoms. The highest BCUT2D eigenvalue weighted by molar-refractivity contribution is 7.82. The van der Waals surface area contributed by atoms with Gasteiger partial charge in [0.25, 0.3) is 0 Å². The van der Waals surface area contributed by atoms with Crippen LogP contribution in [0.3, 0.4) is 0 Å². The largest absolute Gasteiger partial charge is 0.480 e. The molecular formula is C8H9ClO3S. The topological polar surface area (TPSA) is 54.4 Å². The number of carbonyl (C=O) groups excluding carboxylic acids is 1. The maximum Gasteiger partial charge on any atom is 0.320 e. The first-order chi connectivity index (χ1) is 6.04. The summed E-state index contributed by atoms with van der Waals surface area (Å²) in [6, 6.07) is 0. The minimum absolute atomic E-state index is 0.0636. The molecule has 0 amide bonds. The lowest BCUT2D eigenvalue weighted by Crippen LogP contribution is -2.21. The van der Waals surface area contributed by atoms with E-state index in [-0.39, 0.29) is 10.8 Å². The molecule has 1 atom stereocenters. The van der Waals surface area contributed by atoms with Gasteiger partial charge >= 0.3 is 5.97 Å². The Morgan fingerprint density at radius 1 is 1.54 bits per heavy atom. The van der Waals surface area contributed by atoms with E-state index in [1.165, 1.54) is 0 Å². The van der Waals surface area contributed by atoms with Crippen LogP contribution in [0.5, 0.6) is 0 Å². The Labute approximate surface area is 86.2 Å². The molecule has 1 aliphatic carbocycles. The monoisotopic (exact) mass is 220 g/mol. The predicted octanol–water partition coefficient (Wildman–Crippen LogP) is 1.62. The number of carboxylic acid groups (broad SMARTS) is 1. The van der Waals surface area contributed by atoms with Crippen molar-refractivity contribution >= 4 is 36.0 Å². The number of ketones is 1. The maximum absolute atomic E-state index is 11.1. The normalized spacial score (nSPS) is 20.3. The number of carboxylic acids is 1. The van der Waals surface area contributed by atoms with Crippen molar-refractivity contribution in [1.29, 1.82) is 0 Å². The second kappa shape index (κ2) is 4.15. The maximum atomic E-state index is 11.1. The van der Waals surface area contributed by atoms with Gasteiger partial charge in [-0.1, -0.05) is 11.6 Å². The fourth-order valence-corrected chi connectivity index (χ4v) is 1.88. The van der Waals surface area contributed by atoms with Crippen LogP contribution >= 0.6 is 24.2 Å². The van der Waals surface area contributed by atoms with E-state index in [9.17, 15) is 9.59 Å². The zero-order valence-corrected chi connectivity index (χ0v) is 8.44. The molecule has 0 spiro atoms. The average Bonchev–Trinajstić information content (AvgIpc) is 2.08.